The summed E-state index contributed by atoms with van der Waals surface area (Å²) in [7, 11) is 0. The Balaban J connectivity index is 2.04. The Kier molecular flexibility index (Phi) is 4.35. The van der Waals surface area contributed by atoms with Crippen LogP contribution in [0.4, 0.5) is 11.6 Å². The minimum absolute atomic E-state index is 0.152. The molecular weight excluding hydrogens is 334 g/mol. The Bertz CT molecular complexity index is 812. The number of nitrogens with zero attached hydrogens (tertiary/aromatic N) is 3. The number of carbonyl (C=O) groups excluding carboxylic acids is 1. The van der Waals surface area contributed by atoms with Gasteiger partial charge in [-0.2, -0.15) is 0 Å². The van der Waals surface area contributed by atoms with Crippen molar-refractivity contribution in [1.82, 2.24) is 4.98 Å². The quantitative estimate of drug-likeness (QED) is 0.625. The molecule has 2 aromatic rings. The highest BCUT2D eigenvalue weighted by atomic mass is 35.5. The number of anilines is 1. The second-order valence-electron chi connectivity index (χ2n) is 5.32. The molecule has 0 saturated heterocycles. The highest BCUT2D eigenvalue weighted by molar-refractivity contribution is 6.30. The monoisotopic (exact) mass is 347 g/mol. The van der Waals surface area contributed by atoms with Crippen molar-refractivity contribution in [2.45, 2.75) is 26.0 Å². The zero-order valence-corrected chi connectivity index (χ0v) is 13.6. The summed E-state index contributed by atoms with van der Waals surface area (Å²) < 4.78 is 5.62. The van der Waals surface area contributed by atoms with Crippen LogP contribution in [0.3, 0.4) is 0 Å². The van der Waals surface area contributed by atoms with Crippen LogP contribution in [0.2, 0.25) is 5.02 Å². The molecule has 124 valence electrons. The number of aromatic nitrogens is 1. The smallest absolute Gasteiger partial charge is 0.366 e. The molecule has 0 spiro atoms. The molecule has 0 bridgehead atoms. The third-order valence-corrected chi connectivity index (χ3v) is 3.91. The molecule has 1 amide bonds. The van der Waals surface area contributed by atoms with Crippen molar-refractivity contribution in [2.24, 2.45) is 0 Å². The number of rotatable bonds is 4. The Morgan fingerprint density at radius 3 is 2.83 bits per heavy atom. The van der Waals surface area contributed by atoms with E-state index in [4.69, 9.17) is 16.3 Å². The first-order valence-electron chi connectivity index (χ1n) is 7.37. The van der Waals surface area contributed by atoms with Crippen LogP contribution < -0.4 is 9.64 Å². The van der Waals surface area contributed by atoms with Crippen molar-refractivity contribution in [3.63, 3.8) is 0 Å². The van der Waals surface area contributed by atoms with E-state index in [1.807, 2.05) is 13.0 Å². The highest BCUT2D eigenvalue weighted by Gasteiger charge is 2.38. The van der Waals surface area contributed by atoms with Gasteiger partial charge in [0.05, 0.1) is 6.54 Å². The second kappa shape index (κ2) is 6.45. The molecule has 7 nitrogen and oxygen atoms in total. The molecule has 0 N–H and O–H groups in total. The lowest BCUT2D eigenvalue weighted by Crippen LogP contribution is -2.45. The van der Waals surface area contributed by atoms with Crippen molar-refractivity contribution in [3.05, 3.63) is 57.1 Å². The first-order chi connectivity index (χ1) is 11.5. The third kappa shape index (κ3) is 3.03. The molecule has 0 fully saturated rings. The Morgan fingerprint density at radius 1 is 1.38 bits per heavy atom. The summed E-state index contributed by atoms with van der Waals surface area (Å²) in [4.78, 5) is 28.4. The van der Waals surface area contributed by atoms with Crippen LogP contribution in [0.1, 0.15) is 18.9 Å². The fourth-order valence-corrected chi connectivity index (χ4v) is 2.74. The third-order valence-electron chi connectivity index (χ3n) is 3.68. The number of nitro groups is 1. The Labute approximate surface area is 143 Å². The van der Waals surface area contributed by atoms with Crippen LogP contribution in [0.25, 0.3) is 0 Å². The number of hydrogen-bond acceptors (Lipinski definition) is 5. The van der Waals surface area contributed by atoms with Crippen molar-refractivity contribution in [3.8, 4) is 5.75 Å². The number of halogens is 1. The van der Waals surface area contributed by atoms with Crippen molar-refractivity contribution in [2.75, 3.05) is 4.90 Å². The topological polar surface area (TPSA) is 85.6 Å². The number of benzene rings is 1. The fourth-order valence-electron chi connectivity index (χ4n) is 2.52. The summed E-state index contributed by atoms with van der Waals surface area (Å²) in [5.74, 6) is -0.109. The maximum Gasteiger partial charge on any atom is 0.366 e. The van der Waals surface area contributed by atoms with Crippen LogP contribution in [0.5, 0.6) is 5.75 Å². The van der Waals surface area contributed by atoms with Gasteiger partial charge in [0, 0.05) is 11.1 Å². The van der Waals surface area contributed by atoms with Crippen molar-refractivity contribution in [1.29, 1.82) is 0 Å². The molecule has 1 unspecified atom stereocenters. The minimum Gasteiger partial charge on any atom is -0.474 e. The largest absolute Gasteiger partial charge is 0.474 e. The normalized spacial score (nSPS) is 16.5. The average Bonchev–Trinajstić information content (AvgIpc) is 2.56. The van der Waals surface area contributed by atoms with Crippen LogP contribution in [-0.4, -0.2) is 21.9 Å². The van der Waals surface area contributed by atoms with E-state index in [1.54, 1.807) is 18.2 Å². The van der Waals surface area contributed by atoms with E-state index in [9.17, 15) is 14.9 Å². The van der Waals surface area contributed by atoms with Gasteiger partial charge in [-0.3, -0.25) is 9.69 Å². The van der Waals surface area contributed by atoms with Gasteiger partial charge in [-0.25, -0.2) is 0 Å². The number of hydrogen-bond donors (Lipinski definition) is 0. The zero-order chi connectivity index (χ0) is 17.3. The van der Waals surface area contributed by atoms with Crippen LogP contribution in [0, 0.1) is 10.1 Å². The van der Waals surface area contributed by atoms with E-state index in [0.717, 1.165) is 5.56 Å². The van der Waals surface area contributed by atoms with E-state index in [-0.39, 0.29) is 24.1 Å². The van der Waals surface area contributed by atoms with Crippen molar-refractivity contribution < 1.29 is 14.5 Å². The molecule has 3 rings (SSSR count). The van der Waals surface area contributed by atoms with Gasteiger partial charge in [-0.15, -0.1) is 0 Å². The predicted octanol–water partition coefficient (Wildman–Crippen LogP) is 3.35. The van der Waals surface area contributed by atoms with Gasteiger partial charge in [0.25, 0.3) is 11.7 Å². The maximum absolute atomic E-state index is 12.6. The number of fused-ring (bicyclic) bond motifs is 1. The minimum atomic E-state index is -0.639. The van der Waals surface area contributed by atoms with Crippen molar-refractivity contribution >= 4 is 29.1 Å². The van der Waals surface area contributed by atoms with E-state index in [2.05, 4.69) is 4.98 Å². The molecule has 1 aromatic heterocycles. The van der Waals surface area contributed by atoms with Gasteiger partial charge >= 0.3 is 5.82 Å². The Morgan fingerprint density at radius 2 is 2.17 bits per heavy atom. The second-order valence-corrected chi connectivity index (χ2v) is 5.75. The molecule has 24 heavy (non-hydrogen) atoms. The van der Waals surface area contributed by atoms with E-state index in [1.165, 1.54) is 17.0 Å². The zero-order valence-electron chi connectivity index (χ0n) is 12.8. The van der Waals surface area contributed by atoms with E-state index >= 15 is 0 Å². The predicted molar refractivity (Wildman–Crippen MR) is 88.2 cm³/mol. The number of pyridine rings is 1. The lowest BCUT2D eigenvalue weighted by Gasteiger charge is -2.30. The van der Waals surface area contributed by atoms with Gasteiger partial charge in [0.2, 0.25) is 0 Å². The Hall–Kier alpha value is -2.67. The van der Waals surface area contributed by atoms with E-state index in [0.29, 0.717) is 17.2 Å². The summed E-state index contributed by atoms with van der Waals surface area (Å²) in [5, 5.41) is 11.5. The number of carbonyl (C=O) groups is 1. The highest BCUT2D eigenvalue weighted by Crippen LogP contribution is 2.35. The molecule has 1 aromatic carbocycles. The molecule has 1 atom stereocenters. The molecule has 8 heteroatoms. The van der Waals surface area contributed by atoms with Crippen LogP contribution in [0.15, 0.2) is 36.4 Å². The fraction of sp³-hybridized carbons (Fsp3) is 0.250. The summed E-state index contributed by atoms with van der Waals surface area (Å²) in [6.45, 7) is 2.05. The average molecular weight is 348 g/mol. The van der Waals surface area contributed by atoms with Gasteiger partial charge in [-0.05, 0) is 40.1 Å². The van der Waals surface area contributed by atoms with Gasteiger partial charge in [0.1, 0.15) is 0 Å². The SMILES string of the molecule is CCC1Oc2ccc([N+](=O)[O-])nc2N(Cc2cccc(Cl)c2)C1=O. The summed E-state index contributed by atoms with van der Waals surface area (Å²) in [6, 6.07) is 9.81. The molecule has 2 heterocycles. The lowest BCUT2D eigenvalue weighted by atomic mass is 10.1. The standard InChI is InChI=1S/C16H14ClN3O4/c1-2-12-16(21)19(9-10-4-3-5-11(17)8-10)15-13(24-12)6-7-14(18-15)20(22)23/h3-8,12H,2,9H2,1H3. The van der Waals surface area contributed by atoms with E-state index < -0.39 is 11.0 Å². The lowest BCUT2D eigenvalue weighted by molar-refractivity contribution is -0.389. The summed E-state index contributed by atoms with van der Waals surface area (Å²) >= 11 is 5.99. The van der Waals surface area contributed by atoms with Crippen LogP contribution in [-0.2, 0) is 11.3 Å². The molecule has 1 aliphatic rings. The maximum atomic E-state index is 12.6. The first kappa shape index (κ1) is 16.2. The number of ether oxygens (including phenoxy) is 1. The summed E-state index contributed by atoms with van der Waals surface area (Å²) in [6.07, 6.45) is -0.152. The number of amides is 1. The van der Waals surface area contributed by atoms with Gasteiger partial charge < -0.3 is 14.9 Å². The van der Waals surface area contributed by atoms with Gasteiger partial charge in [-0.1, -0.05) is 30.7 Å². The molecule has 0 radical (unpaired) electrons. The molecule has 1 aliphatic heterocycles. The molecular formula is C16H14ClN3O4. The molecule has 0 aliphatic carbocycles. The molecule has 0 saturated carbocycles. The van der Waals surface area contributed by atoms with Crippen LogP contribution >= 0.6 is 11.6 Å². The van der Waals surface area contributed by atoms with Gasteiger partial charge in [0.15, 0.2) is 11.9 Å². The first-order valence-corrected chi connectivity index (χ1v) is 7.75. The summed E-state index contributed by atoms with van der Waals surface area (Å²) in [5.41, 5.74) is 0.798.